The van der Waals surface area contributed by atoms with Crippen LogP contribution in [0.15, 0.2) is 36.4 Å². The van der Waals surface area contributed by atoms with Gasteiger partial charge in [0.05, 0.1) is 12.2 Å². The van der Waals surface area contributed by atoms with Gasteiger partial charge in [-0.25, -0.2) is 4.79 Å². The minimum absolute atomic E-state index is 0.327. The highest BCUT2D eigenvalue weighted by molar-refractivity contribution is 7.80. The minimum Gasteiger partial charge on any atom is -0.462 e. The van der Waals surface area contributed by atoms with Crippen molar-refractivity contribution >= 4 is 39.6 Å². The number of thiocarbonyl (C=S) groups is 1. The van der Waals surface area contributed by atoms with Crippen LogP contribution < -0.4 is 10.6 Å². The zero-order chi connectivity index (χ0) is 21.7. The number of carbonyl (C=O) groups is 1. The Kier molecular flexibility index (Phi) is 7.53. The van der Waals surface area contributed by atoms with Crippen LogP contribution in [0.1, 0.15) is 63.7 Å². The normalized spacial score (nSPS) is 19.2. The summed E-state index contributed by atoms with van der Waals surface area (Å²) in [5, 5.41) is 8.03. The molecule has 1 fully saturated rings. The van der Waals surface area contributed by atoms with Crippen LogP contribution in [-0.2, 0) is 4.74 Å². The van der Waals surface area contributed by atoms with E-state index in [0.717, 1.165) is 34.2 Å². The molecule has 0 saturated heterocycles. The third kappa shape index (κ3) is 5.82. The van der Waals surface area contributed by atoms with Gasteiger partial charge in [0, 0.05) is 10.9 Å². The molecule has 1 aromatic heterocycles. The van der Waals surface area contributed by atoms with Gasteiger partial charge in [0.1, 0.15) is 5.00 Å². The second-order valence-electron chi connectivity index (χ2n) is 8.95. The average Bonchev–Trinajstić information content (AvgIpc) is 3.12. The number of nitrogens with one attached hydrogen (secondary N) is 2. The summed E-state index contributed by atoms with van der Waals surface area (Å²) in [6.07, 6.45) is 4.67. The summed E-state index contributed by atoms with van der Waals surface area (Å²) in [4.78, 5) is 13.5. The van der Waals surface area contributed by atoms with Crippen molar-refractivity contribution in [1.29, 1.82) is 0 Å². The summed E-state index contributed by atoms with van der Waals surface area (Å²) < 4.78 is 5.26. The second kappa shape index (κ2) is 9.92. The van der Waals surface area contributed by atoms with Crippen molar-refractivity contribution in [2.45, 2.75) is 59.4 Å². The molecule has 1 aromatic carbocycles. The van der Waals surface area contributed by atoms with Crippen molar-refractivity contribution in [2.24, 2.45) is 11.3 Å². The van der Waals surface area contributed by atoms with E-state index in [-0.39, 0.29) is 5.97 Å². The van der Waals surface area contributed by atoms with Crippen LogP contribution in [0.5, 0.6) is 0 Å². The van der Waals surface area contributed by atoms with Crippen LogP contribution in [0, 0.1) is 11.3 Å². The SMILES string of the molecule is CCOC(=O)c1cc(-c2ccccc2)sc1NC(=S)NC1CCC(C(C)(C)C)CC1. The molecular weight excluding hydrogens is 412 g/mol. The monoisotopic (exact) mass is 444 g/mol. The molecule has 4 nitrogen and oxygen atoms in total. The van der Waals surface area contributed by atoms with E-state index in [1.54, 1.807) is 0 Å². The maximum atomic E-state index is 12.5. The average molecular weight is 445 g/mol. The van der Waals surface area contributed by atoms with E-state index in [9.17, 15) is 4.79 Å². The predicted octanol–water partition coefficient (Wildman–Crippen LogP) is 6.48. The van der Waals surface area contributed by atoms with Gasteiger partial charge in [-0.05, 0) is 67.8 Å². The Labute approximate surface area is 189 Å². The minimum atomic E-state index is -0.327. The maximum absolute atomic E-state index is 12.5. The van der Waals surface area contributed by atoms with Gasteiger partial charge in [-0.2, -0.15) is 0 Å². The standard InChI is InChI=1S/C24H32N2O2S2/c1-5-28-22(27)19-15-20(16-9-7-6-8-10-16)30-21(19)26-23(29)25-18-13-11-17(12-14-18)24(2,3)4/h6-10,15,17-18H,5,11-14H2,1-4H3,(H2,25,26,29). The Morgan fingerprint density at radius 3 is 2.43 bits per heavy atom. The molecular formula is C24H32N2O2S2. The molecule has 0 amide bonds. The van der Waals surface area contributed by atoms with E-state index >= 15 is 0 Å². The molecule has 6 heteroatoms. The fourth-order valence-electron chi connectivity index (χ4n) is 4.02. The summed E-state index contributed by atoms with van der Waals surface area (Å²) in [5.41, 5.74) is 1.96. The second-order valence-corrected chi connectivity index (χ2v) is 10.4. The lowest BCUT2D eigenvalue weighted by Gasteiger charge is -2.37. The Balaban J connectivity index is 1.68. The lowest BCUT2D eigenvalue weighted by atomic mass is 9.71. The molecule has 1 aliphatic carbocycles. The number of anilines is 1. The topological polar surface area (TPSA) is 50.4 Å². The summed E-state index contributed by atoms with van der Waals surface area (Å²) in [6, 6.07) is 12.3. The highest BCUT2D eigenvalue weighted by atomic mass is 32.1. The van der Waals surface area contributed by atoms with Crippen molar-refractivity contribution < 1.29 is 9.53 Å². The number of thiophene rings is 1. The van der Waals surface area contributed by atoms with E-state index in [4.69, 9.17) is 17.0 Å². The molecule has 2 N–H and O–H groups in total. The quantitative estimate of drug-likeness (QED) is 0.408. The summed E-state index contributed by atoms with van der Waals surface area (Å²) in [6.45, 7) is 9.14. The molecule has 0 aliphatic heterocycles. The fraction of sp³-hybridized carbons (Fsp3) is 0.500. The number of carbonyl (C=O) groups excluding carboxylic acids is 1. The van der Waals surface area contributed by atoms with Gasteiger partial charge in [0.15, 0.2) is 5.11 Å². The third-order valence-electron chi connectivity index (χ3n) is 5.80. The Morgan fingerprint density at radius 1 is 1.17 bits per heavy atom. The van der Waals surface area contributed by atoms with E-state index < -0.39 is 0 Å². The van der Waals surface area contributed by atoms with Crippen molar-refractivity contribution in [2.75, 3.05) is 11.9 Å². The zero-order valence-electron chi connectivity index (χ0n) is 18.3. The molecule has 3 rings (SSSR count). The molecule has 0 spiro atoms. The Hall–Kier alpha value is -1.92. The van der Waals surface area contributed by atoms with Gasteiger partial charge < -0.3 is 15.4 Å². The number of rotatable bonds is 5. The fourth-order valence-corrected chi connectivity index (χ4v) is 5.41. The zero-order valence-corrected chi connectivity index (χ0v) is 19.9. The molecule has 1 heterocycles. The molecule has 162 valence electrons. The summed E-state index contributed by atoms with van der Waals surface area (Å²) >= 11 is 7.11. The molecule has 0 unspecified atom stereocenters. The molecule has 1 saturated carbocycles. The lowest BCUT2D eigenvalue weighted by Crippen LogP contribution is -2.41. The van der Waals surface area contributed by atoms with Crippen LogP contribution in [0.4, 0.5) is 5.00 Å². The molecule has 2 aromatic rings. The summed E-state index contributed by atoms with van der Waals surface area (Å²) in [7, 11) is 0. The first-order valence-electron chi connectivity index (χ1n) is 10.7. The van der Waals surface area contributed by atoms with Gasteiger partial charge in [0.25, 0.3) is 0 Å². The van der Waals surface area contributed by atoms with Crippen molar-refractivity contribution in [1.82, 2.24) is 5.32 Å². The van der Waals surface area contributed by atoms with Gasteiger partial charge in [-0.3, -0.25) is 0 Å². The van der Waals surface area contributed by atoms with Gasteiger partial charge >= 0.3 is 5.97 Å². The smallest absolute Gasteiger partial charge is 0.341 e. The first-order chi connectivity index (χ1) is 14.3. The van der Waals surface area contributed by atoms with Crippen molar-refractivity contribution in [3.63, 3.8) is 0 Å². The molecule has 1 aliphatic rings. The predicted molar refractivity (Wildman–Crippen MR) is 130 cm³/mol. The van der Waals surface area contributed by atoms with Crippen LogP contribution in [0.2, 0.25) is 0 Å². The largest absolute Gasteiger partial charge is 0.462 e. The van der Waals surface area contributed by atoms with Crippen molar-refractivity contribution in [3.05, 3.63) is 42.0 Å². The van der Waals surface area contributed by atoms with Crippen LogP contribution in [0.3, 0.4) is 0 Å². The summed E-state index contributed by atoms with van der Waals surface area (Å²) in [5.74, 6) is 0.435. The lowest BCUT2D eigenvalue weighted by molar-refractivity contribution is 0.0528. The maximum Gasteiger partial charge on any atom is 0.341 e. The van der Waals surface area contributed by atoms with Gasteiger partial charge in [0.2, 0.25) is 0 Å². The third-order valence-corrected chi connectivity index (χ3v) is 7.12. The Bertz CT molecular complexity index is 863. The first-order valence-corrected chi connectivity index (χ1v) is 11.9. The van der Waals surface area contributed by atoms with Crippen LogP contribution in [0.25, 0.3) is 10.4 Å². The number of esters is 1. The molecule has 0 radical (unpaired) electrons. The molecule has 0 atom stereocenters. The van der Waals surface area contributed by atoms with E-state index in [1.165, 1.54) is 24.2 Å². The van der Waals surface area contributed by atoms with Gasteiger partial charge in [-0.15, -0.1) is 11.3 Å². The van der Waals surface area contributed by atoms with Gasteiger partial charge in [-0.1, -0.05) is 51.1 Å². The highest BCUT2D eigenvalue weighted by Gasteiger charge is 2.30. The van der Waals surface area contributed by atoms with Crippen molar-refractivity contribution in [3.8, 4) is 10.4 Å². The molecule has 0 bridgehead atoms. The van der Waals surface area contributed by atoms with E-state index in [1.807, 2.05) is 43.3 Å². The number of hydrogen-bond donors (Lipinski definition) is 2. The van der Waals surface area contributed by atoms with E-state index in [0.29, 0.717) is 28.7 Å². The number of hydrogen-bond acceptors (Lipinski definition) is 4. The Morgan fingerprint density at radius 2 is 1.83 bits per heavy atom. The number of ether oxygens (including phenoxy) is 1. The number of benzene rings is 1. The highest BCUT2D eigenvalue weighted by Crippen LogP contribution is 2.38. The first kappa shape index (κ1) is 22.8. The van der Waals surface area contributed by atoms with Crippen LogP contribution >= 0.6 is 23.6 Å². The van der Waals surface area contributed by atoms with Crippen LogP contribution in [-0.4, -0.2) is 23.7 Å². The van der Waals surface area contributed by atoms with E-state index in [2.05, 4.69) is 31.4 Å². The molecule has 30 heavy (non-hydrogen) atoms.